The zero-order valence-electron chi connectivity index (χ0n) is 9.21. The largest absolute Gasteiger partial charge is 0.480 e. The van der Waals surface area contributed by atoms with E-state index in [9.17, 15) is 9.90 Å². The topological polar surface area (TPSA) is 69.6 Å². The highest BCUT2D eigenvalue weighted by Gasteiger charge is 2.31. The summed E-state index contributed by atoms with van der Waals surface area (Å²) < 4.78 is 0. The maximum atomic E-state index is 11.0. The zero-order chi connectivity index (χ0) is 11.2. The Balaban J connectivity index is 4.16. The molecule has 0 bridgehead atoms. The van der Waals surface area contributed by atoms with E-state index in [1.54, 1.807) is 6.92 Å². The van der Waals surface area contributed by atoms with Crippen molar-refractivity contribution in [1.82, 2.24) is 5.32 Å². The number of carboxylic acid groups (broad SMARTS) is 1. The van der Waals surface area contributed by atoms with E-state index in [-0.39, 0.29) is 0 Å². The first kappa shape index (κ1) is 13.4. The molecule has 0 amide bonds. The third kappa shape index (κ3) is 4.07. The molecule has 4 heteroatoms. The quantitative estimate of drug-likeness (QED) is 0.577. The predicted molar refractivity (Wildman–Crippen MR) is 55.2 cm³/mol. The minimum atomic E-state index is -0.912. The van der Waals surface area contributed by atoms with Crippen LogP contribution in [0.5, 0.6) is 0 Å². The fourth-order valence-corrected chi connectivity index (χ4v) is 1.26. The van der Waals surface area contributed by atoms with Crippen LogP contribution in [0.3, 0.4) is 0 Å². The van der Waals surface area contributed by atoms with Crippen LogP contribution in [0.15, 0.2) is 0 Å². The van der Waals surface area contributed by atoms with Gasteiger partial charge in [0.2, 0.25) is 0 Å². The molecule has 0 aromatic rings. The lowest BCUT2D eigenvalue weighted by molar-refractivity contribution is -0.144. The van der Waals surface area contributed by atoms with E-state index in [0.717, 1.165) is 6.42 Å². The summed E-state index contributed by atoms with van der Waals surface area (Å²) in [4.78, 5) is 11.0. The summed E-state index contributed by atoms with van der Waals surface area (Å²) in [6.45, 7) is 5.80. The monoisotopic (exact) mass is 203 g/mol. The molecule has 3 N–H and O–H groups in total. The van der Waals surface area contributed by atoms with E-state index in [1.807, 2.05) is 13.8 Å². The van der Waals surface area contributed by atoms with Gasteiger partial charge in [0.1, 0.15) is 5.54 Å². The van der Waals surface area contributed by atoms with E-state index >= 15 is 0 Å². The Bertz CT molecular complexity index is 184. The normalized spacial score (nSPS) is 17.4. The molecule has 14 heavy (non-hydrogen) atoms. The highest BCUT2D eigenvalue weighted by molar-refractivity contribution is 5.78. The SMILES string of the molecule is CCCC(C)(NCC(O)CC)C(=O)O. The molecule has 0 saturated carbocycles. The first-order valence-corrected chi connectivity index (χ1v) is 5.12. The first-order chi connectivity index (χ1) is 6.46. The summed E-state index contributed by atoms with van der Waals surface area (Å²) in [6.07, 6.45) is 1.54. The van der Waals surface area contributed by atoms with Crippen LogP contribution in [0, 0.1) is 0 Å². The summed E-state index contributed by atoms with van der Waals surface area (Å²) in [5, 5.41) is 21.2. The van der Waals surface area contributed by atoms with Crippen LogP contribution < -0.4 is 5.32 Å². The van der Waals surface area contributed by atoms with Gasteiger partial charge in [0.15, 0.2) is 0 Å². The first-order valence-electron chi connectivity index (χ1n) is 5.12. The van der Waals surface area contributed by atoms with Gasteiger partial charge in [0.05, 0.1) is 6.10 Å². The summed E-state index contributed by atoms with van der Waals surface area (Å²) in [7, 11) is 0. The molecule has 0 aliphatic heterocycles. The van der Waals surface area contributed by atoms with E-state index in [1.165, 1.54) is 0 Å². The maximum Gasteiger partial charge on any atom is 0.323 e. The molecule has 0 heterocycles. The minimum absolute atomic E-state index is 0.333. The molecule has 2 atom stereocenters. The van der Waals surface area contributed by atoms with E-state index in [4.69, 9.17) is 5.11 Å². The Hall–Kier alpha value is -0.610. The summed E-state index contributed by atoms with van der Waals surface area (Å²) in [5.74, 6) is -0.859. The van der Waals surface area contributed by atoms with Gasteiger partial charge >= 0.3 is 5.97 Å². The summed E-state index contributed by atoms with van der Waals surface area (Å²) >= 11 is 0. The molecular weight excluding hydrogens is 182 g/mol. The molecule has 0 aromatic heterocycles. The molecule has 0 saturated heterocycles. The predicted octanol–water partition coefficient (Wildman–Crippen LogP) is 0.990. The Morgan fingerprint density at radius 3 is 2.43 bits per heavy atom. The number of carbonyl (C=O) groups is 1. The molecule has 0 aliphatic carbocycles. The smallest absolute Gasteiger partial charge is 0.323 e. The molecule has 0 aromatic carbocycles. The standard InChI is InChI=1S/C10H21NO3/c1-4-6-10(3,9(13)14)11-7-8(12)5-2/h8,11-12H,4-7H2,1-3H3,(H,13,14). The van der Waals surface area contributed by atoms with Crippen molar-refractivity contribution in [2.75, 3.05) is 6.54 Å². The molecule has 2 unspecified atom stereocenters. The number of aliphatic carboxylic acids is 1. The number of carboxylic acids is 1. The van der Waals surface area contributed by atoms with Crippen molar-refractivity contribution < 1.29 is 15.0 Å². The van der Waals surface area contributed by atoms with Gasteiger partial charge in [-0.1, -0.05) is 20.3 Å². The van der Waals surface area contributed by atoms with E-state index in [2.05, 4.69) is 5.32 Å². The Morgan fingerprint density at radius 2 is 2.07 bits per heavy atom. The van der Waals surface area contributed by atoms with Crippen molar-refractivity contribution in [3.63, 3.8) is 0 Å². The van der Waals surface area contributed by atoms with Gasteiger partial charge in [0.25, 0.3) is 0 Å². The van der Waals surface area contributed by atoms with Gasteiger partial charge < -0.3 is 10.2 Å². The van der Waals surface area contributed by atoms with Crippen LogP contribution in [-0.4, -0.2) is 34.4 Å². The lowest BCUT2D eigenvalue weighted by atomic mass is 9.96. The average Bonchev–Trinajstić information content (AvgIpc) is 2.14. The van der Waals surface area contributed by atoms with Crippen molar-refractivity contribution in [2.45, 2.75) is 51.7 Å². The van der Waals surface area contributed by atoms with Gasteiger partial charge in [-0.2, -0.15) is 0 Å². The van der Waals surface area contributed by atoms with Gasteiger partial charge in [-0.05, 0) is 19.8 Å². The van der Waals surface area contributed by atoms with E-state index < -0.39 is 17.6 Å². The van der Waals surface area contributed by atoms with Crippen LogP contribution in [0.25, 0.3) is 0 Å². The van der Waals surface area contributed by atoms with Gasteiger partial charge in [0, 0.05) is 6.54 Å². The summed E-state index contributed by atoms with van der Waals surface area (Å²) in [5.41, 5.74) is -0.912. The second-order valence-electron chi connectivity index (χ2n) is 3.83. The molecule has 0 aliphatic rings. The lowest BCUT2D eigenvalue weighted by Gasteiger charge is -2.27. The van der Waals surface area contributed by atoms with Crippen molar-refractivity contribution in [2.24, 2.45) is 0 Å². The fraction of sp³-hybridized carbons (Fsp3) is 0.900. The van der Waals surface area contributed by atoms with Crippen molar-refractivity contribution in [3.8, 4) is 0 Å². The number of hydrogen-bond donors (Lipinski definition) is 3. The number of hydrogen-bond acceptors (Lipinski definition) is 3. The maximum absolute atomic E-state index is 11.0. The van der Waals surface area contributed by atoms with Gasteiger partial charge in [-0.25, -0.2) is 0 Å². The highest BCUT2D eigenvalue weighted by atomic mass is 16.4. The summed E-state index contributed by atoms with van der Waals surface area (Å²) in [6, 6.07) is 0. The molecule has 0 spiro atoms. The highest BCUT2D eigenvalue weighted by Crippen LogP contribution is 2.12. The second kappa shape index (κ2) is 5.98. The number of aliphatic hydroxyl groups excluding tert-OH is 1. The number of aliphatic hydroxyl groups is 1. The van der Waals surface area contributed by atoms with Crippen LogP contribution in [0.2, 0.25) is 0 Å². The van der Waals surface area contributed by atoms with Crippen LogP contribution >= 0.6 is 0 Å². The Labute approximate surface area is 85.3 Å². The lowest BCUT2D eigenvalue weighted by Crippen LogP contribution is -2.51. The van der Waals surface area contributed by atoms with Gasteiger partial charge in [-0.3, -0.25) is 10.1 Å². The van der Waals surface area contributed by atoms with Crippen LogP contribution in [-0.2, 0) is 4.79 Å². The third-order valence-corrected chi connectivity index (χ3v) is 2.42. The van der Waals surface area contributed by atoms with Crippen molar-refractivity contribution in [3.05, 3.63) is 0 Å². The minimum Gasteiger partial charge on any atom is -0.480 e. The molecular formula is C10H21NO3. The second-order valence-corrected chi connectivity index (χ2v) is 3.83. The molecule has 0 fully saturated rings. The number of β-amino-alcohol motifs (C(OH)–C–C–N with tert-alkyl or cyclic N) is 1. The fourth-order valence-electron chi connectivity index (χ4n) is 1.26. The molecule has 4 nitrogen and oxygen atoms in total. The molecule has 0 radical (unpaired) electrons. The Morgan fingerprint density at radius 1 is 1.50 bits per heavy atom. The zero-order valence-corrected chi connectivity index (χ0v) is 9.21. The van der Waals surface area contributed by atoms with Crippen molar-refractivity contribution in [1.29, 1.82) is 0 Å². The van der Waals surface area contributed by atoms with Gasteiger partial charge in [-0.15, -0.1) is 0 Å². The number of rotatable bonds is 7. The van der Waals surface area contributed by atoms with E-state index in [0.29, 0.717) is 19.4 Å². The Kier molecular flexibility index (Phi) is 5.72. The molecule has 0 rings (SSSR count). The van der Waals surface area contributed by atoms with Crippen LogP contribution in [0.4, 0.5) is 0 Å². The van der Waals surface area contributed by atoms with Crippen molar-refractivity contribution >= 4 is 5.97 Å². The molecule has 84 valence electrons. The average molecular weight is 203 g/mol. The number of nitrogens with one attached hydrogen (secondary N) is 1. The third-order valence-electron chi connectivity index (χ3n) is 2.42. The van der Waals surface area contributed by atoms with Crippen LogP contribution in [0.1, 0.15) is 40.0 Å².